The summed E-state index contributed by atoms with van der Waals surface area (Å²) in [5.41, 5.74) is 1.96. The molecule has 1 amide bonds. The summed E-state index contributed by atoms with van der Waals surface area (Å²) in [5, 5.41) is 3.47. The van der Waals surface area contributed by atoms with Crippen molar-refractivity contribution in [2.45, 2.75) is 13.0 Å². The number of hydrogen-bond acceptors (Lipinski definition) is 4. The maximum absolute atomic E-state index is 12.3. The van der Waals surface area contributed by atoms with Gasteiger partial charge in [-0.1, -0.05) is 42.5 Å². The minimum atomic E-state index is -0.111. The maximum atomic E-state index is 12.3. The lowest BCUT2D eigenvalue weighted by molar-refractivity contribution is 0.0952. The number of carbonyl (C=O) groups is 1. The van der Waals surface area contributed by atoms with Crippen LogP contribution in [0.2, 0.25) is 0 Å². The molecule has 0 unspecified atom stereocenters. The molecule has 0 atom stereocenters. The molecule has 4 rings (SSSR count). The fraction of sp³-hybridized carbons (Fsp3) is 0.150. The molecule has 0 saturated heterocycles. The number of nitrogens with zero attached hydrogens (tertiary/aromatic N) is 3. The Labute approximate surface area is 155 Å². The maximum Gasteiger partial charge on any atom is 0.280 e. The lowest BCUT2D eigenvalue weighted by atomic mass is 10.2. The molecule has 0 aliphatic heterocycles. The van der Waals surface area contributed by atoms with E-state index in [-0.39, 0.29) is 5.91 Å². The van der Waals surface area contributed by atoms with Gasteiger partial charge in [-0.05, 0) is 18.6 Å². The fourth-order valence-corrected chi connectivity index (χ4v) is 3.72. The van der Waals surface area contributed by atoms with E-state index in [2.05, 4.69) is 19.9 Å². The van der Waals surface area contributed by atoms with E-state index >= 15 is 0 Å². The number of carbonyl (C=O) groups excluding carboxylic acids is 1. The largest absolute Gasteiger partial charge is 0.350 e. The lowest BCUT2D eigenvalue weighted by Gasteiger charge is -2.08. The van der Waals surface area contributed by atoms with E-state index in [9.17, 15) is 4.79 Å². The van der Waals surface area contributed by atoms with Crippen molar-refractivity contribution in [3.05, 3.63) is 72.0 Å². The van der Waals surface area contributed by atoms with Crippen molar-refractivity contribution >= 4 is 27.5 Å². The third-order valence-electron chi connectivity index (χ3n) is 4.10. The summed E-state index contributed by atoms with van der Waals surface area (Å²) < 4.78 is 3.14. The van der Waals surface area contributed by atoms with Crippen molar-refractivity contribution < 1.29 is 4.79 Å². The van der Waals surface area contributed by atoms with E-state index in [4.69, 9.17) is 0 Å². The van der Waals surface area contributed by atoms with Crippen molar-refractivity contribution in [2.24, 2.45) is 0 Å². The van der Waals surface area contributed by atoms with Gasteiger partial charge in [-0.25, -0.2) is 9.97 Å². The first-order chi connectivity index (χ1) is 12.8. The molecule has 0 aliphatic rings. The first-order valence-corrected chi connectivity index (χ1v) is 9.33. The van der Waals surface area contributed by atoms with Crippen LogP contribution in [0.1, 0.15) is 16.2 Å². The summed E-state index contributed by atoms with van der Waals surface area (Å²) >= 11 is 1.42. The third-order valence-corrected chi connectivity index (χ3v) is 5.13. The Hall–Kier alpha value is -2.99. The van der Waals surface area contributed by atoms with Gasteiger partial charge in [-0.15, -0.1) is 11.3 Å². The second-order valence-electron chi connectivity index (χ2n) is 5.91. The van der Waals surface area contributed by atoms with Crippen LogP contribution < -0.4 is 5.32 Å². The molecule has 0 saturated carbocycles. The van der Waals surface area contributed by atoms with Crippen molar-refractivity contribution in [3.8, 4) is 11.4 Å². The summed E-state index contributed by atoms with van der Waals surface area (Å²) in [6.07, 6.45) is 4.60. The minimum Gasteiger partial charge on any atom is -0.350 e. The number of fused-ring (bicyclic) bond motifs is 1. The van der Waals surface area contributed by atoms with Gasteiger partial charge in [0, 0.05) is 31.0 Å². The van der Waals surface area contributed by atoms with Crippen LogP contribution in [0.15, 0.2) is 67.0 Å². The van der Waals surface area contributed by atoms with E-state index in [1.54, 1.807) is 0 Å². The molecule has 2 aromatic carbocycles. The van der Waals surface area contributed by atoms with Crippen molar-refractivity contribution in [3.63, 3.8) is 0 Å². The SMILES string of the molecule is O=C(NCCCn1ccnc1-c1ccccc1)c1nc2ccccc2s1. The first-order valence-electron chi connectivity index (χ1n) is 8.51. The molecule has 6 heteroatoms. The molecule has 0 spiro atoms. The number of thiazole rings is 1. The number of aryl methyl sites for hydroxylation is 1. The normalized spacial score (nSPS) is 10.9. The van der Waals surface area contributed by atoms with Gasteiger partial charge in [0.1, 0.15) is 5.82 Å². The predicted molar refractivity (Wildman–Crippen MR) is 104 cm³/mol. The molecule has 0 aliphatic carbocycles. The van der Waals surface area contributed by atoms with Gasteiger partial charge in [0.15, 0.2) is 5.01 Å². The number of hydrogen-bond donors (Lipinski definition) is 1. The summed E-state index contributed by atoms with van der Waals surface area (Å²) in [6.45, 7) is 1.39. The standard InChI is InChI=1S/C20H18N4OS/c25-19(20-23-16-9-4-5-10-17(16)26-20)22-11-6-13-24-14-12-21-18(24)15-7-2-1-3-8-15/h1-5,7-10,12,14H,6,11,13H2,(H,22,25). The smallest absolute Gasteiger partial charge is 0.280 e. The zero-order chi connectivity index (χ0) is 17.8. The number of para-hydroxylation sites is 1. The highest BCUT2D eigenvalue weighted by Crippen LogP contribution is 2.21. The van der Waals surface area contributed by atoms with Crippen LogP contribution in [0.4, 0.5) is 0 Å². The Balaban J connectivity index is 1.33. The summed E-state index contributed by atoms with van der Waals surface area (Å²) in [7, 11) is 0. The number of benzene rings is 2. The average Bonchev–Trinajstić information content (AvgIpc) is 3.32. The zero-order valence-corrected chi connectivity index (χ0v) is 14.9. The Kier molecular flexibility index (Phi) is 4.75. The van der Waals surface area contributed by atoms with E-state index in [0.29, 0.717) is 11.6 Å². The molecular weight excluding hydrogens is 344 g/mol. The lowest BCUT2D eigenvalue weighted by Crippen LogP contribution is -2.25. The summed E-state index contributed by atoms with van der Waals surface area (Å²) in [5.74, 6) is 0.836. The van der Waals surface area contributed by atoms with Crippen LogP contribution in [0, 0.1) is 0 Å². The summed E-state index contributed by atoms with van der Waals surface area (Å²) in [4.78, 5) is 21.1. The van der Waals surface area contributed by atoms with E-state index < -0.39 is 0 Å². The van der Waals surface area contributed by atoms with Gasteiger partial charge >= 0.3 is 0 Å². The van der Waals surface area contributed by atoms with E-state index in [1.807, 2.05) is 67.0 Å². The zero-order valence-electron chi connectivity index (χ0n) is 14.1. The predicted octanol–water partition coefficient (Wildman–Crippen LogP) is 3.98. The van der Waals surface area contributed by atoms with Crippen LogP contribution in [-0.4, -0.2) is 27.0 Å². The van der Waals surface area contributed by atoms with Crippen LogP contribution in [-0.2, 0) is 6.54 Å². The molecule has 5 nitrogen and oxygen atoms in total. The van der Waals surface area contributed by atoms with E-state index in [1.165, 1.54) is 11.3 Å². The highest BCUT2D eigenvalue weighted by molar-refractivity contribution is 7.20. The molecule has 4 aromatic rings. The first kappa shape index (κ1) is 16.5. The van der Waals surface area contributed by atoms with Gasteiger partial charge < -0.3 is 9.88 Å². The van der Waals surface area contributed by atoms with Crippen molar-refractivity contribution in [1.29, 1.82) is 0 Å². The molecule has 26 heavy (non-hydrogen) atoms. The Morgan fingerprint density at radius 2 is 1.88 bits per heavy atom. The number of imidazole rings is 1. The van der Waals surface area contributed by atoms with Crippen molar-refractivity contribution in [2.75, 3.05) is 6.54 Å². The van der Waals surface area contributed by atoms with Crippen LogP contribution in [0.5, 0.6) is 0 Å². The van der Waals surface area contributed by atoms with Gasteiger partial charge in [0.2, 0.25) is 0 Å². The molecule has 0 radical (unpaired) electrons. The summed E-state index contributed by atoms with van der Waals surface area (Å²) in [6, 6.07) is 17.9. The fourth-order valence-electron chi connectivity index (χ4n) is 2.83. The van der Waals surface area contributed by atoms with Crippen LogP contribution >= 0.6 is 11.3 Å². The van der Waals surface area contributed by atoms with Gasteiger partial charge in [-0.3, -0.25) is 4.79 Å². The topological polar surface area (TPSA) is 59.8 Å². The number of rotatable bonds is 6. The van der Waals surface area contributed by atoms with Gasteiger partial charge in [0.05, 0.1) is 10.2 Å². The molecule has 130 valence electrons. The average molecular weight is 362 g/mol. The van der Waals surface area contributed by atoms with Gasteiger partial charge in [0.25, 0.3) is 5.91 Å². The molecule has 2 aromatic heterocycles. The van der Waals surface area contributed by atoms with Crippen LogP contribution in [0.25, 0.3) is 21.6 Å². The Morgan fingerprint density at radius 1 is 1.08 bits per heavy atom. The van der Waals surface area contributed by atoms with E-state index in [0.717, 1.165) is 34.6 Å². The monoisotopic (exact) mass is 362 g/mol. The van der Waals surface area contributed by atoms with Crippen molar-refractivity contribution in [1.82, 2.24) is 19.9 Å². The second-order valence-corrected chi connectivity index (χ2v) is 6.94. The highest BCUT2D eigenvalue weighted by Gasteiger charge is 2.11. The molecular formula is C20H18N4OS. The quantitative estimate of drug-likeness (QED) is 0.528. The highest BCUT2D eigenvalue weighted by atomic mass is 32.1. The molecule has 0 fully saturated rings. The molecule has 1 N–H and O–H groups in total. The number of nitrogens with one attached hydrogen (secondary N) is 1. The number of amides is 1. The minimum absolute atomic E-state index is 0.111. The molecule has 0 bridgehead atoms. The second kappa shape index (κ2) is 7.49. The Morgan fingerprint density at radius 3 is 2.73 bits per heavy atom. The van der Waals surface area contributed by atoms with Crippen LogP contribution in [0.3, 0.4) is 0 Å². The Bertz CT molecular complexity index is 989. The number of aromatic nitrogens is 3. The van der Waals surface area contributed by atoms with Gasteiger partial charge in [-0.2, -0.15) is 0 Å². The third kappa shape index (κ3) is 3.50. The molecule has 2 heterocycles.